The maximum Gasteiger partial charge on any atom is 0.261 e. The Morgan fingerprint density at radius 2 is 1.94 bits per heavy atom. The number of nitrogens with zero attached hydrogens (tertiary/aromatic N) is 1. The Morgan fingerprint density at radius 3 is 2.62 bits per heavy atom. The molecule has 1 saturated heterocycles. The summed E-state index contributed by atoms with van der Waals surface area (Å²) in [6.07, 6.45) is 1.42. The number of rotatable bonds is 9. The molecule has 3 nitrogen and oxygen atoms in total. The van der Waals surface area contributed by atoms with Gasteiger partial charge in [-0.25, -0.2) is 8.78 Å². The topological polar surface area (TPSA) is 24.5 Å². The first-order valence-electron chi connectivity index (χ1n) is 6.08. The summed E-state index contributed by atoms with van der Waals surface area (Å²) in [5.74, 6) is 0. The molecule has 1 N–H and O–H groups in total. The summed E-state index contributed by atoms with van der Waals surface area (Å²) in [5, 5.41) is 3.19. The van der Waals surface area contributed by atoms with Crippen LogP contribution in [0.3, 0.4) is 0 Å². The largest absolute Gasteiger partial charge is 0.374 e. The van der Waals surface area contributed by atoms with Gasteiger partial charge in [0.25, 0.3) is 6.43 Å². The van der Waals surface area contributed by atoms with Crippen molar-refractivity contribution >= 4 is 0 Å². The van der Waals surface area contributed by atoms with E-state index in [9.17, 15) is 8.78 Å². The summed E-state index contributed by atoms with van der Waals surface area (Å²) in [7, 11) is 0. The highest BCUT2D eigenvalue weighted by Crippen LogP contribution is 2.06. The summed E-state index contributed by atoms with van der Waals surface area (Å²) in [6.45, 7) is 5.13. The maximum atomic E-state index is 11.7. The van der Waals surface area contributed by atoms with Gasteiger partial charge in [-0.3, -0.25) is 0 Å². The zero-order valence-electron chi connectivity index (χ0n) is 9.76. The van der Waals surface area contributed by atoms with Crippen molar-refractivity contribution in [2.45, 2.75) is 25.7 Å². The maximum absolute atomic E-state index is 11.7. The summed E-state index contributed by atoms with van der Waals surface area (Å²) < 4.78 is 28.1. The molecule has 0 spiro atoms. The number of nitrogens with one attached hydrogen (secondary N) is 1. The number of likely N-dealkylation sites (tertiary alicyclic amines) is 1. The number of ether oxygens (including phenoxy) is 1. The van der Waals surface area contributed by atoms with Crippen LogP contribution in [0.4, 0.5) is 8.78 Å². The second-order valence-electron chi connectivity index (χ2n) is 4.12. The van der Waals surface area contributed by atoms with Crippen LogP contribution in [0.2, 0.25) is 0 Å². The predicted molar refractivity (Wildman–Crippen MR) is 60.0 cm³/mol. The predicted octanol–water partition coefficient (Wildman–Crippen LogP) is 1.34. The highest BCUT2D eigenvalue weighted by Gasteiger charge is 2.09. The Balaban J connectivity index is 1.74. The smallest absolute Gasteiger partial charge is 0.261 e. The van der Waals surface area contributed by atoms with Crippen LogP contribution in [0.1, 0.15) is 19.3 Å². The van der Waals surface area contributed by atoms with E-state index in [1.807, 2.05) is 0 Å². The van der Waals surface area contributed by atoms with Gasteiger partial charge >= 0.3 is 0 Å². The molecule has 0 radical (unpaired) electrons. The van der Waals surface area contributed by atoms with Crippen molar-refractivity contribution in [3.05, 3.63) is 0 Å². The molecule has 1 aliphatic heterocycles. The van der Waals surface area contributed by atoms with Crippen molar-refractivity contribution < 1.29 is 13.5 Å². The van der Waals surface area contributed by atoms with Crippen molar-refractivity contribution in [3.8, 4) is 0 Å². The third kappa shape index (κ3) is 7.09. The second-order valence-corrected chi connectivity index (χ2v) is 4.12. The lowest BCUT2D eigenvalue weighted by Crippen LogP contribution is -2.27. The molecule has 0 aliphatic carbocycles. The van der Waals surface area contributed by atoms with Crippen LogP contribution in [-0.4, -0.2) is 57.3 Å². The Labute approximate surface area is 96.1 Å². The Kier molecular flexibility index (Phi) is 7.63. The van der Waals surface area contributed by atoms with E-state index in [1.54, 1.807) is 0 Å². The van der Waals surface area contributed by atoms with Crippen LogP contribution in [0.5, 0.6) is 0 Å². The van der Waals surface area contributed by atoms with Crippen molar-refractivity contribution in [2.75, 3.05) is 45.9 Å². The monoisotopic (exact) mass is 236 g/mol. The van der Waals surface area contributed by atoms with Gasteiger partial charge in [0, 0.05) is 6.54 Å². The third-order valence-corrected chi connectivity index (χ3v) is 2.69. The first-order chi connectivity index (χ1) is 7.79. The molecular formula is C11H22F2N2O. The molecule has 0 amide bonds. The van der Waals surface area contributed by atoms with Crippen molar-refractivity contribution in [1.82, 2.24) is 10.2 Å². The van der Waals surface area contributed by atoms with Gasteiger partial charge in [0.05, 0.1) is 6.61 Å². The molecule has 1 heterocycles. The van der Waals surface area contributed by atoms with Gasteiger partial charge in [0.2, 0.25) is 0 Å². The fourth-order valence-corrected chi connectivity index (χ4v) is 1.88. The summed E-state index contributed by atoms with van der Waals surface area (Å²) >= 11 is 0. The van der Waals surface area contributed by atoms with Gasteiger partial charge < -0.3 is 15.0 Å². The molecule has 1 rings (SSSR count). The number of halogens is 2. The van der Waals surface area contributed by atoms with Gasteiger partial charge in [-0.05, 0) is 45.4 Å². The fourth-order valence-electron chi connectivity index (χ4n) is 1.88. The lowest BCUT2D eigenvalue weighted by atomic mass is 10.4. The first kappa shape index (κ1) is 13.8. The molecule has 0 atom stereocenters. The fraction of sp³-hybridized carbons (Fsp3) is 1.00. The molecule has 1 aliphatic rings. The van der Waals surface area contributed by atoms with Gasteiger partial charge in [-0.1, -0.05) is 0 Å². The van der Waals surface area contributed by atoms with Gasteiger partial charge in [-0.15, -0.1) is 0 Å². The second kappa shape index (κ2) is 8.84. The molecule has 1 fully saturated rings. The minimum atomic E-state index is -2.35. The van der Waals surface area contributed by atoms with E-state index < -0.39 is 13.0 Å². The van der Waals surface area contributed by atoms with Crippen molar-refractivity contribution in [2.24, 2.45) is 0 Å². The van der Waals surface area contributed by atoms with E-state index in [4.69, 9.17) is 4.74 Å². The zero-order chi connectivity index (χ0) is 11.6. The molecule has 16 heavy (non-hydrogen) atoms. The van der Waals surface area contributed by atoms with Gasteiger partial charge in [-0.2, -0.15) is 0 Å². The standard InChI is InChI=1S/C11H22F2N2O/c12-11(13)10-16-9-5-14-4-3-8-15-6-1-2-7-15/h11,14H,1-10H2. The Morgan fingerprint density at radius 1 is 1.19 bits per heavy atom. The number of hydrogen-bond donors (Lipinski definition) is 1. The van der Waals surface area contributed by atoms with Crippen LogP contribution < -0.4 is 5.32 Å². The van der Waals surface area contributed by atoms with E-state index >= 15 is 0 Å². The molecule has 0 aromatic rings. The molecule has 0 aromatic heterocycles. The van der Waals surface area contributed by atoms with E-state index in [2.05, 4.69) is 10.2 Å². The number of hydrogen-bond acceptors (Lipinski definition) is 3. The van der Waals surface area contributed by atoms with Crippen LogP contribution in [0.25, 0.3) is 0 Å². The van der Waals surface area contributed by atoms with Crippen molar-refractivity contribution in [3.63, 3.8) is 0 Å². The average Bonchev–Trinajstić information content (AvgIpc) is 2.74. The Bertz CT molecular complexity index is 164. The van der Waals surface area contributed by atoms with E-state index in [0.29, 0.717) is 13.2 Å². The molecule has 5 heteroatoms. The average molecular weight is 236 g/mol. The highest BCUT2D eigenvalue weighted by molar-refractivity contribution is 4.66. The molecular weight excluding hydrogens is 214 g/mol. The minimum absolute atomic E-state index is 0.369. The first-order valence-corrected chi connectivity index (χ1v) is 6.08. The van der Waals surface area contributed by atoms with Crippen LogP contribution >= 0.6 is 0 Å². The van der Waals surface area contributed by atoms with E-state index in [0.717, 1.165) is 19.5 Å². The van der Waals surface area contributed by atoms with E-state index in [1.165, 1.54) is 25.9 Å². The quantitative estimate of drug-likeness (QED) is 0.611. The Hall–Kier alpha value is -0.260. The normalized spacial score (nSPS) is 17.4. The molecule has 96 valence electrons. The van der Waals surface area contributed by atoms with Crippen LogP contribution in [-0.2, 0) is 4.74 Å². The minimum Gasteiger partial charge on any atom is -0.374 e. The highest BCUT2D eigenvalue weighted by atomic mass is 19.3. The van der Waals surface area contributed by atoms with Gasteiger partial charge in [0.15, 0.2) is 0 Å². The van der Waals surface area contributed by atoms with E-state index in [-0.39, 0.29) is 0 Å². The molecule has 0 bridgehead atoms. The molecule has 0 unspecified atom stereocenters. The summed E-state index contributed by atoms with van der Waals surface area (Å²) in [6, 6.07) is 0. The van der Waals surface area contributed by atoms with Crippen molar-refractivity contribution in [1.29, 1.82) is 0 Å². The zero-order valence-corrected chi connectivity index (χ0v) is 9.76. The third-order valence-electron chi connectivity index (χ3n) is 2.69. The number of alkyl halides is 2. The lowest BCUT2D eigenvalue weighted by Gasteiger charge is -2.14. The SMILES string of the molecule is FC(F)COCCNCCCN1CCCC1. The molecule has 0 saturated carbocycles. The molecule has 0 aromatic carbocycles. The summed E-state index contributed by atoms with van der Waals surface area (Å²) in [4.78, 5) is 2.47. The van der Waals surface area contributed by atoms with Crippen LogP contribution in [0.15, 0.2) is 0 Å². The van der Waals surface area contributed by atoms with Crippen LogP contribution in [0, 0.1) is 0 Å². The summed E-state index contributed by atoms with van der Waals surface area (Å²) in [5.41, 5.74) is 0. The van der Waals surface area contributed by atoms with Gasteiger partial charge in [0.1, 0.15) is 6.61 Å². The lowest BCUT2D eigenvalue weighted by molar-refractivity contribution is 0.0188.